The highest BCUT2D eigenvalue weighted by Gasteiger charge is 2.23. The molecule has 0 aliphatic rings. The van der Waals surface area contributed by atoms with Gasteiger partial charge in [0, 0.05) is 74.1 Å². The number of benzene rings is 12. The molecule has 0 fully saturated rings. The monoisotopic (exact) mass is 1940 g/mol. The molecular formula is C112H112N16O16. The third-order valence-electron chi connectivity index (χ3n) is 22.5. The largest absolute Gasteiger partial charge is 0.465 e. The van der Waals surface area contributed by atoms with Crippen LogP contribution in [0.3, 0.4) is 0 Å². The van der Waals surface area contributed by atoms with Crippen molar-refractivity contribution in [2.24, 2.45) is 0 Å². The van der Waals surface area contributed by atoms with Crippen molar-refractivity contribution in [3.8, 4) is 0 Å². The first-order valence-corrected chi connectivity index (χ1v) is 46.1. The van der Waals surface area contributed by atoms with Crippen molar-refractivity contribution in [1.29, 1.82) is 0 Å². The van der Waals surface area contributed by atoms with Crippen molar-refractivity contribution < 1.29 is 77.2 Å². The van der Waals surface area contributed by atoms with Gasteiger partial charge in [-0.1, -0.05) is 236 Å². The normalized spacial score (nSPS) is 10.8. The fourth-order valence-electron chi connectivity index (χ4n) is 15.4. The molecule has 736 valence electrons. The first-order valence-electron chi connectivity index (χ1n) is 46.1. The lowest BCUT2D eigenvalue weighted by molar-refractivity contribution is -0.282. The van der Waals surface area contributed by atoms with Gasteiger partial charge in [-0.3, -0.25) is 0 Å². The van der Waals surface area contributed by atoms with Crippen LogP contribution >= 0.6 is 0 Å². The summed E-state index contributed by atoms with van der Waals surface area (Å²) in [7, 11) is 11.4. The van der Waals surface area contributed by atoms with E-state index in [2.05, 4.69) is 54.2 Å². The van der Waals surface area contributed by atoms with Crippen molar-refractivity contribution in [2.45, 2.75) is 105 Å². The second kappa shape index (κ2) is 54.3. The predicted octanol–water partition coefficient (Wildman–Crippen LogP) is 19.9. The lowest BCUT2D eigenvalue weighted by Gasteiger charge is -2.13. The van der Waals surface area contributed by atoms with Gasteiger partial charge in [-0.15, -0.1) is 0 Å². The molecule has 4 N–H and O–H groups in total. The van der Waals surface area contributed by atoms with Crippen LogP contribution < -0.4 is 21.3 Å². The fourth-order valence-corrected chi connectivity index (χ4v) is 15.4. The van der Waals surface area contributed by atoms with E-state index in [4.69, 9.17) is 97.9 Å². The number of aryl methyl sites for hydroxylation is 4. The van der Waals surface area contributed by atoms with Gasteiger partial charge in [0.1, 0.15) is 73.0 Å². The minimum Gasteiger partial charge on any atom is -0.465 e. The Labute approximate surface area is 835 Å². The molecule has 32 nitrogen and oxygen atoms in total. The van der Waals surface area contributed by atoms with Gasteiger partial charge in [-0.25, -0.2) is 78.2 Å². The predicted molar refractivity (Wildman–Crippen MR) is 544 cm³/mol. The van der Waals surface area contributed by atoms with Crippen molar-refractivity contribution in [1.82, 2.24) is 59.8 Å². The Bertz CT molecular complexity index is 7000. The summed E-state index contributed by atoms with van der Waals surface area (Å²) in [5, 5.41) is 13.2. The average molecular weight is 1940 g/mol. The maximum atomic E-state index is 12.3. The van der Waals surface area contributed by atoms with Gasteiger partial charge in [0.05, 0.1) is 79.1 Å². The molecule has 144 heavy (non-hydrogen) atoms. The number of para-hydroxylation sites is 2. The standard InChI is InChI=1S/C29H30N4O4.2C28H28N4O4.C27H26N4O4/c1-19-13-14-25(20(2)15-19)30-29-32-26(16-21-9-5-6-11-23(21)18-37-36-4)31-27(33-29)17-22-10-7-8-12-24(22)28(34)35-3;1-19-10-4-9-15-24(19)29-28-31-25(16-20-11-5-6-13-22(20)18-36-35-3)30-26(32-28)17-21-12-7-8-14-23(21)27(33)34-2;1-19-9-8-13-23(15-19)29-28-31-25(16-20-10-4-5-12-22(20)18-36-35-3)30-26(32-28)17-21-11-6-7-14-24(21)27(33)34-2;1-33-26(32)23-15-9-8-11-20(23)17-25-29-24(16-19-10-6-7-12-21(19)18-35-34-2)30-27(31-25)28-22-13-4-3-5-14-22/h5-15H,16-18H2,1-4H3,(H,30,31,32,33);2*4-15H,16-18H2,1-3H3,(H,29,30,31,32);3-15H,16-18H2,1-2H3,(H,28,29,30,31). The number of carbonyl (C=O) groups excluding carboxylic acids is 4. The van der Waals surface area contributed by atoms with Gasteiger partial charge < -0.3 is 40.2 Å². The molecule has 12 aromatic carbocycles. The minimum atomic E-state index is -0.399. The summed E-state index contributed by atoms with van der Waals surface area (Å²) < 4.78 is 19.8. The van der Waals surface area contributed by atoms with E-state index in [1.807, 2.05) is 257 Å². The van der Waals surface area contributed by atoms with Gasteiger partial charge in [-0.05, 0) is 172 Å². The molecule has 16 rings (SSSR count). The van der Waals surface area contributed by atoms with Crippen molar-refractivity contribution in [3.63, 3.8) is 0 Å². The van der Waals surface area contributed by atoms with Crippen LogP contribution in [-0.2, 0) is 136 Å². The number of aromatic nitrogens is 12. The topological polar surface area (TPSA) is 382 Å². The first-order chi connectivity index (χ1) is 70.2. The maximum absolute atomic E-state index is 12.3. The number of hydrogen-bond donors (Lipinski definition) is 4. The summed E-state index contributed by atoms with van der Waals surface area (Å²) in [6, 6.07) is 92.6. The molecule has 4 aromatic heterocycles. The molecule has 0 unspecified atom stereocenters. The van der Waals surface area contributed by atoms with E-state index in [1.54, 1.807) is 48.5 Å². The van der Waals surface area contributed by atoms with Gasteiger partial charge >= 0.3 is 23.9 Å². The number of esters is 4. The summed E-state index contributed by atoms with van der Waals surface area (Å²) in [4.78, 5) is 145. The Kier molecular flexibility index (Phi) is 39.5. The Morgan fingerprint density at radius 3 is 0.750 bits per heavy atom. The minimum absolute atomic E-state index is 0.310. The van der Waals surface area contributed by atoms with E-state index in [9.17, 15) is 19.2 Å². The zero-order valence-corrected chi connectivity index (χ0v) is 82.1. The van der Waals surface area contributed by atoms with E-state index in [0.717, 1.165) is 106 Å². The number of carbonyl (C=O) groups is 4. The zero-order chi connectivity index (χ0) is 101. The Balaban J connectivity index is 0.000000161. The molecule has 0 bridgehead atoms. The van der Waals surface area contributed by atoms with Crippen LogP contribution in [0.25, 0.3) is 0 Å². The van der Waals surface area contributed by atoms with Crippen LogP contribution in [0, 0.1) is 27.7 Å². The van der Waals surface area contributed by atoms with Crippen LogP contribution in [0.2, 0.25) is 0 Å². The molecule has 0 spiro atoms. The first kappa shape index (κ1) is 105. The number of hydrogen-bond acceptors (Lipinski definition) is 32. The highest BCUT2D eigenvalue weighted by molar-refractivity contribution is 5.93. The third kappa shape index (κ3) is 31.2. The number of rotatable bonds is 40. The van der Waals surface area contributed by atoms with Gasteiger partial charge in [-0.2, -0.15) is 39.9 Å². The van der Waals surface area contributed by atoms with Crippen molar-refractivity contribution >= 4 is 70.4 Å². The number of nitrogens with one attached hydrogen (secondary N) is 4. The van der Waals surface area contributed by atoms with E-state index < -0.39 is 23.9 Å². The maximum Gasteiger partial charge on any atom is 0.338 e. The number of anilines is 8. The summed E-state index contributed by atoms with van der Waals surface area (Å²) in [6.45, 7) is 9.38. The van der Waals surface area contributed by atoms with Crippen LogP contribution in [-0.4, -0.2) is 141 Å². The van der Waals surface area contributed by atoms with E-state index >= 15 is 0 Å². The second-order valence-corrected chi connectivity index (χ2v) is 32.6. The van der Waals surface area contributed by atoms with E-state index in [0.29, 0.717) is 170 Å². The zero-order valence-electron chi connectivity index (χ0n) is 82.1. The molecule has 0 saturated carbocycles. The summed E-state index contributed by atoms with van der Waals surface area (Å²) in [5.74, 6) is 4.67. The van der Waals surface area contributed by atoms with Crippen LogP contribution in [0.1, 0.15) is 177 Å². The Hall–Kier alpha value is -16.6. The molecule has 4 heterocycles. The fraction of sp³-hybridized carbons (Fsp3) is 0.214. The quantitative estimate of drug-likeness (QED) is 0.0120. The molecule has 0 atom stereocenters. The summed E-state index contributed by atoms with van der Waals surface area (Å²) >= 11 is 0. The van der Waals surface area contributed by atoms with Gasteiger partial charge in [0.25, 0.3) is 0 Å². The molecule has 0 aliphatic carbocycles. The molecule has 16 aromatic rings. The summed E-state index contributed by atoms with van der Waals surface area (Å²) in [6.07, 6.45) is 3.27. The highest BCUT2D eigenvalue weighted by atomic mass is 17.2. The Morgan fingerprint density at radius 1 is 0.215 bits per heavy atom. The van der Waals surface area contributed by atoms with Gasteiger partial charge in [0.15, 0.2) is 0 Å². The van der Waals surface area contributed by atoms with Crippen LogP contribution in [0.5, 0.6) is 0 Å². The number of nitrogens with zero attached hydrogens (tertiary/aromatic N) is 12. The average Bonchev–Trinajstić information content (AvgIpc) is 0.832. The molecule has 0 aliphatic heterocycles. The van der Waals surface area contributed by atoms with Crippen LogP contribution in [0.15, 0.2) is 291 Å². The van der Waals surface area contributed by atoms with Crippen molar-refractivity contribution in [3.05, 3.63) is 449 Å². The van der Waals surface area contributed by atoms with E-state index in [-0.39, 0.29) is 0 Å². The smallest absolute Gasteiger partial charge is 0.338 e. The van der Waals surface area contributed by atoms with E-state index in [1.165, 1.54) is 62.4 Å². The Morgan fingerprint density at radius 2 is 0.458 bits per heavy atom. The number of ether oxygens (including phenoxy) is 4. The van der Waals surface area contributed by atoms with Crippen LogP contribution in [0.4, 0.5) is 46.5 Å². The van der Waals surface area contributed by atoms with Gasteiger partial charge in [0.2, 0.25) is 23.8 Å². The second-order valence-electron chi connectivity index (χ2n) is 32.6. The lowest BCUT2D eigenvalue weighted by atomic mass is 10.0. The molecule has 0 radical (unpaired) electrons. The molecule has 0 saturated heterocycles. The SMILES string of the molecule is COOCc1ccccc1Cc1nc(Cc2ccccc2C(=O)OC)nc(Nc2ccc(C)cc2C)n1.COOCc1ccccc1Cc1nc(Cc2ccccc2C(=O)OC)nc(Nc2cccc(C)c2)n1.COOCc1ccccc1Cc1nc(Cc2ccccc2C(=O)OC)nc(Nc2ccccc2)n1.COOCc1ccccc1Cc1nc(Cc2ccccc2C(=O)OC)nc(Nc2ccccc2C)n1. The highest BCUT2D eigenvalue weighted by Crippen LogP contribution is 2.29. The van der Waals surface area contributed by atoms with Crippen molar-refractivity contribution in [2.75, 3.05) is 78.1 Å². The lowest BCUT2D eigenvalue weighted by Crippen LogP contribution is -2.12. The molecular weight excluding hydrogens is 1830 g/mol. The molecule has 32 heteroatoms. The third-order valence-corrected chi connectivity index (χ3v) is 22.5. The summed E-state index contributed by atoms with van der Waals surface area (Å²) in [5.41, 5.74) is 21.0. The molecule has 0 amide bonds. The number of methoxy groups -OCH3 is 4.